The van der Waals surface area contributed by atoms with Crippen LogP contribution in [0.15, 0.2) is 18.3 Å². The van der Waals surface area contributed by atoms with Crippen LogP contribution in [0.5, 0.6) is 0 Å². The van der Waals surface area contributed by atoms with Crippen molar-refractivity contribution in [3.8, 4) is 0 Å². The first-order valence-corrected chi connectivity index (χ1v) is 6.05. The number of nitrogens with zero attached hydrogens (tertiary/aromatic N) is 1. The van der Waals surface area contributed by atoms with Crippen LogP contribution < -0.4 is 5.32 Å². The van der Waals surface area contributed by atoms with Gasteiger partial charge in [0.15, 0.2) is 0 Å². The van der Waals surface area contributed by atoms with E-state index in [-0.39, 0.29) is 0 Å². The third-order valence-corrected chi connectivity index (χ3v) is 3.57. The van der Waals surface area contributed by atoms with E-state index in [9.17, 15) is 9.90 Å². The molecule has 1 aliphatic heterocycles. The number of carbonyl (C=O) groups is 1. The second kappa shape index (κ2) is 5.02. The van der Waals surface area contributed by atoms with Gasteiger partial charge in [-0.25, -0.2) is 4.98 Å². The Balaban J connectivity index is 2.17. The summed E-state index contributed by atoms with van der Waals surface area (Å²) in [6.45, 7) is 1.51. The summed E-state index contributed by atoms with van der Waals surface area (Å²) >= 11 is 5.71. The second-order valence-corrected chi connectivity index (χ2v) is 4.89. The van der Waals surface area contributed by atoms with Crippen molar-refractivity contribution < 1.29 is 9.90 Å². The van der Waals surface area contributed by atoms with E-state index in [1.54, 1.807) is 12.3 Å². The Morgan fingerprint density at radius 3 is 2.71 bits per heavy atom. The van der Waals surface area contributed by atoms with Gasteiger partial charge >= 0.3 is 5.97 Å². The molecule has 0 radical (unpaired) electrons. The molecule has 4 nitrogen and oxygen atoms in total. The molecular weight excluding hydrogens is 240 g/mol. The summed E-state index contributed by atoms with van der Waals surface area (Å²) < 4.78 is 0. The summed E-state index contributed by atoms with van der Waals surface area (Å²) in [4.78, 5) is 15.5. The maximum absolute atomic E-state index is 11.5. The largest absolute Gasteiger partial charge is 0.481 e. The van der Waals surface area contributed by atoms with Gasteiger partial charge in [0.05, 0.1) is 5.41 Å². The van der Waals surface area contributed by atoms with E-state index in [1.165, 1.54) is 0 Å². The first kappa shape index (κ1) is 12.3. The number of pyridine rings is 1. The number of halogens is 1. The van der Waals surface area contributed by atoms with Gasteiger partial charge in [-0.1, -0.05) is 17.7 Å². The van der Waals surface area contributed by atoms with Gasteiger partial charge in [-0.3, -0.25) is 4.79 Å². The van der Waals surface area contributed by atoms with Crippen molar-refractivity contribution in [3.05, 3.63) is 29.0 Å². The lowest BCUT2D eigenvalue weighted by atomic mass is 9.74. The molecule has 0 bridgehead atoms. The first-order valence-electron chi connectivity index (χ1n) is 5.67. The van der Waals surface area contributed by atoms with Crippen LogP contribution in [0, 0.1) is 5.41 Å². The van der Waals surface area contributed by atoms with Gasteiger partial charge in [0.1, 0.15) is 5.15 Å². The van der Waals surface area contributed by atoms with E-state index in [4.69, 9.17) is 11.6 Å². The fraction of sp³-hybridized carbons (Fsp3) is 0.500. The monoisotopic (exact) mass is 254 g/mol. The predicted molar refractivity (Wildman–Crippen MR) is 65.1 cm³/mol. The fourth-order valence-corrected chi connectivity index (χ4v) is 2.39. The van der Waals surface area contributed by atoms with Crippen molar-refractivity contribution >= 4 is 17.6 Å². The summed E-state index contributed by atoms with van der Waals surface area (Å²) in [7, 11) is 0. The zero-order valence-electron chi connectivity index (χ0n) is 9.45. The first-order chi connectivity index (χ1) is 8.12. The fourth-order valence-electron chi connectivity index (χ4n) is 2.27. The molecule has 1 fully saturated rings. The highest BCUT2D eigenvalue weighted by atomic mass is 35.5. The van der Waals surface area contributed by atoms with Crippen LogP contribution in [0.3, 0.4) is 0 Å². The number of hydrogen-bond acceptors (Lipinski definition) is 3. The van der Waals surface area contributed by atoms with Crippen LogP contribution in [0.2, 0.25) is 5.15 Å². The van der Waals surface area contributed by atoms with Crippen LogP contribution in [0.1, 0.15) is 18.4 Å². The number of aromatic nitrogens is 1. The maximum Gasteiger partial charge on any atom is 0.310 e. The summed E-state index contributed by atoms with van der Waals surface area (Å²) in [6, 6.07) is 3.55. The van der Waals surface area contributed by atoms with Crippen LogP contribution in [-0.4, -0.2) is 29.1 Å². The van der Waals surface area contributed by atoms with Crippen molar-refractivity contribution in [2.75, 3.05) is 13.1 Å². The number of piperidine rings is 1. The molecule has 0 amide bonds. The van der Waals surface area contributed by atoms with Crippen LogP contribution in [-0.2, 0) is 11.2 Å². The molecule has 2 rings (SSSR count). The van der Waals surface area contributed by atoms with Crippen LogP contribution >= 0.6 is 11.6 Å². The Hall–Kier alpha value is -1.13. The van der Waals surface area contributed by atoms with E-state index >= 15 is 0 Å². The number of carboxylic acid groups (broad SMARTS) is 1. The van der Waals surface area contributed by atoms with Crippen molar-refractivity contribution in [3.63, 3.8) is 0 Å². The lowest BCUT2D eigenvalue weighted by molar-refractivity contribution is -0.150. The second-order valence-electron chi connectivity index (χ2n) is 4.50. The minimum Gasteiger partial charge on any atom is -0.481 e. The summed E-state index contributed by atoms with van der Waals surface area (Å²) in [5.41, 5.74) is 0.277. The molecule has 2 heterocycles. The Labute approximate surface area is 105 Å². The third-order valence-electron chi connectivity index (χ3n) is 3.35. The van der Waals surface area contributed by atoms with Gasteiger partial charge in [-0.15, -0.1) is 0 Å². The van der Waals surface area contributed by atoms with Crippen LogP contribution in [0.25, 0.3) is 0 Å². The molecule has 17 heavy (non-hydrogen) atoms. The molecule has 0 aliphatic carbocycles. The summed E-state index contributed by atoms with van der Waals surface area (Å²) in [5, 5.41) is 13.1. The molecular formula is C12H15ClN2O2. The Kier molecular flexibility index (Phi) is 3.64. The molecule has 0 spiro atoms. The van der Waals surface area contributed by atoms with Gasteiger partial charge in [-0.2, -0.15) is 0 Å². The lowest BCUT2D eigenvalue weighted by Gasteiger charge is -2.33. The van der Waals surface area contributed by atoms with Crippen molar-refractivity contribution in [2.45, 2.75) is 19.3 Å². The average Bonchev–Trinajstić information content (AvgIpc) is 2.33. The zero-order valence-corrected chi connectivity index (χ0v) is 10.2. The molecule has 0 unspecified atom stereocenters. The smallest absolute Gasteiger partial charge is 0.310 e. The lowest BCUT2D eigenvalue weighted by Crippen LogP contribution is -2.43. The quantitative estimate of drug-likeness (QED) is 0.807. The van der Waals surface area contributed by atoms with E-state index in [0.717, 1.165) is 18.7 Å². The molecule has 2 N–H and O–H groups in total. The van der Waals surface area contributed by atoms with E-state index in [1.807, 2.05) is 6.07 Å². The molecule has 5 heteroatoms. The van der Waals surface area contributed by atoms with Crippen molar-refractivity contribution in [2.24, 2.45) is 5.41 Å². The minimum atomic E-state index is -0.714. The minimum absolute atomic E-state index is 0.434. The molecule has 1 aromatic rings. The molecule has 1 aromatic heterocycles. The van der Waals surface area contributed by atoms with Crippen molar-refractivity contribution in [1.82, 2.24) is 10.3 Å². The zero-order chi connectivity index (χ0) is 12.3. The number of carboxylic acids is 1. The summed E-state index contributed by atoms with van der Waals surface area (Å²) in [6.07, 6.45) is 3.50. The number of aliphatic carboxylic acids is 1. The van der Waals surface area contributed by atoms with Crippen LogP contribution in [0.4, 0.5) is 0 Å². The van der Waals surface area contributed by atoms with Crippen molar-refractivity contribution in [1.29, 1.82) is 0 Å². The normalized spacial score (nSPS) is 18.9. The standard InChI is InChI=1S/C12H15ClN2O2/c13-10-2-1-9(8-15-10)7-12(11(16)17)3-5-14-6-4-12/h1-2,8,14H,3-7H2,(H,16,17). The average molecular weight is 255 g/mol. The van der Waals surface area contributed by atoms with E-state index < -0.39 is 11.4 Å². The highest BCUT2D eigenvalue weighted by Gasteiger charge is 2.39. The predicted octanol–water partition coefficient (Wildman–Crippen LogP) is 1.73. The molecule has 0 aromatic carbocycles. The summed E-state index contributed by atoms with van der Waals surface area (Å²) in [5.74, 6) is -0.714. The molecule has 0 saturated carbocycles. The van der Waals surface area contributed by atoms with Gasteiger partial charge in [0.2, 0.25) is 0 Å². The van der Waals surface area contributed by atoms with Gasteiger partial charge < -0.3 is 10.4 Å². The topological polar surface area (TPSA) is 62.2 Å². The molecule has 92 valence electrons. The third kappa shape index (κ3) is 2.76. The maximum atomic E-state index is 11.5. The highest BCUT2D eigenvalue weighted by Crippen LogP contribution is 2.33. The Bertz CT molecular complexity index is 399. The number of hydrogen-bond donors (Lipinski definition) is 2. The number of nitrogens with one attached hydrogen (secondary N) is 1. The van der Waals surface area contributed by atoms with Gasteiger partial charge in [0, 0.05) is 6.20 Å². The Morgan fingerprint density at radius 1 is 1.47 bits per heavy atom. The molecule has 1 saturated heterocycles. The Morgan fingerprint density at radius 2 is 2.18 bits per heavy atom. The van der Waals surface area contributed by atoms with E-state index in [0.29, 0.717) is 24.4 Å². The molecule has 0 atom stereocenters. The number of rotatable bonds is 3. The SMILES string of the molecule is O=C(O)C1(Cc2ccc(Cl)nc2)CCNCC1. The molecule has 1 aliphatic rings. The highest BCUT2D eigenvalue weighted by molar-refractivity contribution is 6.29. The van der Waals surface area contributed by atoms with Gasteiger partial charge in [-0.05, 0) is 44.0 Å². The van der Waals surface area contributed by atoms with E-state index in [2.05, 4.69) is 10.3 Å². The van der Waals surface area contributed by atoms with Gasteiger partial charge in [0.25, 0.3) is 0 Å².